The van der Waals surface area contributed by atoms with E-state index < -0.39 is 17.4 Å². The summed E-state index contributed by atoms with van der Waals surface area (Å²) in [7, 11) is 1.52. The van der Waals surface area contributed by atoms with Crippen LogP contribution in [0.25, 0.3) is 0 Å². The first-order chi connectivity index (χ1) is 10.0. The van der Waals surface area contributed by atoms with E-state index in [1.165, 1.54) is 7.11 Å². The third-order valence-corrected chi connectivity index (χ3v) is 3.40. The van der Waals surface area contributed by atoms with Gasteiger partial charge in [-0.15, -0.1) is 0 Å². The highest BCUT2D eigenvalue weighted by Crippen LogP contribution is 2.27. The average Bonchev–Trinajstić information content (AvgIpc) is 2.46. The van der Waals surface area contributed by atoms with E-state index in [1.807, 2.05) is 0 Å². The highest BCUT2D eigenvalue weighted by molar-refractivity contribution is 9.10. The molecule has 2 aromatic carbocycles. The van der Waals surface area contributed by atoms with Crippen LogP contribution in [-0.2, 0) is 13.2 Å². The Labute approximate surface area is 129 Å². The fourth-order valence-corrected chi connectivity index (χ4v) is 2.29. The van der Waals surface area contributed by atoms with Gasteiger partial charge in [0.1, 0.15) is 12.4 Å². The number of rotatable bonds is 5. The van der Waals surface area contributed by atoms with Crippen LogP contribution in [-0.4, -0.2) is 7.11 Å². The quantitative estimate of drug-likeness (QED) is 0.885. The summed E-state index contributed by atoms with van der Waals surface area (Å²) in [4.78, 5) is 0. The van der Waals surface area contributed by atoms with Gasteiger partial charge in [0.25, 0.3) is 0 Å². The van der Waals surface area contributed by atoms with Gasteiger partial charge in [-0.05, 0) is 35.9 Å². The fraction of sp³-hybridized carbons (Fsp3) is 0.200. The lowest BCUT2D eigenvalue weighted by molar-refractivity contribution is 0.267. The Morgan fingerprint density at radius 3 is 2.38 bits per heavy atom. The maximum atomic E-state index is 13.8. The molecule has 0 aliphatic carbocycles. The van der Waals surface area contributed by atoms with Crippen molar-refractivity contribution in [3.05, 3.63) is 57.6 Å². The van der Waals surface area contributed by atoms with Gasteiger partial charge in [0, 0.05) is 16.6 Å². The molecule has 3 nitrogen and oxygen atoms in total. The number of methoxy groups -OCH3 is 1. The molecule has 0 spiro atoms. The van der Waals surface area contributed by atoms with Crippen molar-refractivity contribution < 1.29 is 18.3 Å². The van der Waals surface area contributed by atoms with Crippen molar-refractivity contribution in [2.45, 2.75) is 13.2 Å². The zero-order chi connectivity index (χ0) is 15.4. The van der Waals surface area contributed by atoms with Crippen molar-refractivity contribution in [3.8, 4) is 11.5 Å². The molecule has 2 aromatic rings. The summed E-state index contributed by atoms with van der Waals surface area (Å²) in [5.74, 6) is -1.39. The predicted octanol–water partition coefficient (Wildman–Crippen LogP) is 3.77. The molecule has 6 heteroatoms. The number of nitrogens with two attached hydrogens (primary N) is 1. The maximum Gasteiger partial charge on any atom is 0.191 e. The van der Waals surface area contributed by atoms with Gasteiger partial charge in [-0.25, -0.2) is 8.78 Å². The standard InChI is InChI=1S/C15H14BrF2NO2/c1-20-14-3-2-11(16)6-10(14)8-21-15-12(17)4-9(7-19)5-13(15)18/h2-6H,7-8,19H2,1H3. The Hall–Kier alpha value is -1.66. The first-order valence-corrected chi connectivity index (χ1v) is 6.97. The second kappa shape index (κ2) is 6.87. The second-order valence-corrected chi connectivity index (χ2v) is 5.25. The summed E-state index contributed by atoms with van der Waals surface area (Å²) in [5.41, 5.74) is 6.41. The number of halogens is 3. The topological polar surface area (TPSA) is 44.5 Å². The summed E-state index contributed by atoms with van der Waals surface area (Å²) < 4.78 is 38.9. The van der Waals surface area contributed by atoms with Gasteiger partial charge >= 0.3 is 0 Å². The molecule has 0 saturated carbocycles. The van der Waals surface area contributed by atoms with E-state index in [1.54, 1.807) is 18.2 Å². The zero-order valence-electron chi connectivity index (χ0n) is 11.3. The maximum absolute atomic E-state index is 13.8. The lowest BCUT2D eigenvalue weighted by Crippen LogP contribution is -2.04. The van der Waals surface area contributed by atoms with E-state index in [0.717, 1.165) is 16.6 Å². The molecular formula is C15H14BrF2NO2. The molecule has 0 heterocycles. The first-order valence-electron chi connectivity index (χ1n) is 6.18. The van der Waals surface area contributed by atoms with Gasteiger partial charge in [-0.1, -0.05) is 15.9 Å². The van der Waals surface area contributed by atoms with Crippen LogP contribution in [0.5, 0.6) is 11.5 Å². The minimum absolute atomic E-state index is 0.0155. The summed E-state index contributed by atoms with van der Waals surface area (Å²) in [6.45, 7) is 0.0476. The summed E-state index contributed by atoms with van der Waals surface area (Å²) in [6, 6.07) is 7.64. The van der Waals surface area contributed by atoms with Crippen LogP contribution in [0.1, 0.15) is 11.1 Å². The third-order valence-electron chi connectivity index (χ3n) is 2.91. The zero-order valence-corrected chi connectivity index (χ0v) is 12.9. The van der Waals surface area contributed by atoms with Crippen LogP contribution < -0.4 is 15.2 Å². The highest BCUT2D eigenvalue weighted by atomic mass is 79.9. The Kier molecular flexibility index (Phi) is 5.14. The number of hydrogen-bond donors (Lipinski definition) is 1. The van der Waals surface area contributed by atoms with E-state index >= 15 is 0 Å². The summed E-state index contributed by atoms with van der Waals surface area (Å²) in [5, 5.41) is 0. The van der Waals surface area contributed by atoms with E-state index in [9.17, 15) is 8.78 Å². The SMILES string of the molecule is COc1ccc(Br)cc1COc1c(F)cc(CN)cc1F. The molecule has 0 unspecified atom stereocenters. The lowest BCUT2D eigenvalue weighted by Gasteiger charge is -2.12. The van der Waals surface area contributed by atoms with Crippen LogP contribution in [0.3, 0.4) is 0 Å². The molecule has 0 aromatic heterocycles. The van der Waals surface area contributed by atoms with E-state index in [-0.39, 0.29) is 13.2 Å². The molecule has 0 fully saturated rings. The van der Waals surface area contributed by atoms with Crippen LogP contribution in [0.4, 0.5) is 8.78 Å². The number of benzene rings is 2. The van der Waals surface area contributed by atoms with Crippen LogP contribution in [0.2, 0.25) is 0 Å². The monoisotopic (exact) mass is 357 g/mol. The number of ether oxygens (including phenoxy) is 2. The molecule has 0 saturated heterocycles. The van der Waals surface area contributed by atoms with Crippen LogP contribution >= 0.6 is 15.9 Å². The summed E-state index contributed by atoms with van der Waals surface area (Å²) in [6.07, 6.45) is 0. The van der Waals surface area contributed by atoms with Crippen molar-refractivity contribution in [2.75, 3.05) is 7.11 Å². The second-order valence-electron chi connectivity index (χ2n) is 4.34. The van der Waals surface area contributed by atoms with E-state index in [2.05, 4.69) is 15.9 Å². The Morgan fingerprint density at radius 2 is 1.81 bits per heavy atom. The first kappa shape index (κ1) is 15.7. The number of hydrogen-bond acceptors (Lipinski definition) is 3. The van der Waals surface area contributed by atoms with Crippen LogP contribution in [0, 0.1) is 11.6 Å². The van der Waals surface area contributed by atoms with E-state index in [0.29, 0.717) is 16.9 Å². The van der Waals surface area contributed by atoms with Crippen molar-refractivity contribution in [2.24, 2.45) is 5.73 Å². The summed E-state index contributed by atoms with van der Waals surface area (Å²) >= 11 is 3.33. The smallest absolute Gasteiger partial charge is 0.191 e. The Balaban J connectivity index is 2.22. The van der Waals surface area contributed by atoms with Crippen LogP contribution in [0.15, 0.2) is 34.8 Å². The third kappa shape index (κ3) is 3.71. The molecule has 2 N–H and O–H groups in total. The lowest BCUT2D eigenvalue weighted by atomic mass is 10.2. The average molecular weight is 358 g/mol. The largest absolute Gasteiger partial charge is 0.496 e. The van der Waals surface area contributed by atoms with Crippen molar-refractivity contribution >= 4 is 15.9 Å². The highest BCUT2D eigenvalue weighted by Gasteiger charge is 2.14. The fourth-order valence-electron chi connectivity index (χ4n) is 1.88. The van der Waals surface area contributed by atoms with Crippen molar-refractivity contribution in [3.63, 3.8) is 0 Å². The Morgan fingerprint density at radius 1 is 1.14 bits per heavy atom. The minimum Gasteiger partial charge on any atom is -0.496 e. The molecule has 0 aliphatic heterocycles. The van der Waals surface area contributed by atoms with Gasteiger partial charge in [0.05, 0.1) is 7.11 Å². The van der Waals surface area contributed by atoms with Crippen molar-refractivity contribution in [1.29, 1.82) is 0 Å². The van der Waals surface area contributed by atoms with Gasteiger partial charge < -0.3 is 15.2 Å². The molecule has 112 valence electrons. The molecule has 0 bridgehead atoms. The molecule has 0 radical (unpaired) electrons. The van der Waals surface area contributed by atoms with Gasteiger partial charge in [-0.3, -0.25) is 0 Å². The molecule has 0 aliphatic rings. The van der Waals surface area contributed by atoms with Gasteiger partial charge in [-0.2, -0.15) is 0 Å². The predicted molar refractivity (Wildman–Crippen MR) is 79.3 cm³/mol. The molecule has 2 rings (SSSR count). The molecular weight excluding hydrogens is 344 g/mol. The van der Waals surface area contributed by atoms with Gasteiger partial charge in [0.2, 0.25) is 0 Å². The minimum atomic E-state index is -0.774. The normalized spacial score (nSPS) is 10.5. The molecule has 0 amide bonds. The van der Waals surface area contributed by atoms with Gasteiger partial charge in [0.15, 0.2) is 17.4 Å². The van der Waals surface area contributed by atoms with E-state index in [4.69, 9.17) is 15.2 Å². The molecule has 21 heavy (non-hydrogen) atoms. The Bertz CT molecular complexity index is 627. The van der Waals surface area contributed by atoms with Crippen molar-refractivity contribution in [1.82, 2.24) is 0 Å². The molecule has 0 atom stereocenters.